The Morgan fingerprint density at radius 1 is 0.941 bits per heavy atom. The fourth-order valence-electron chi connectivity index (χ4n) is 1.96. The van der Waals surface area contributed by atoms with E-state index in [2.05, 4.69) is 38.1 Å². The SMILES string of the molecule is CCOCCOc1ccc(C(CC)CC)cc1. The smallest absolute Gasteiger partial charge is 0.119 e. The van der Waals surface area contributed by atoms with Crippen LogP contribution in [0.5, 0.6) is 5.75 Å². The second-order valence-corrected chi connectivity index (χ2v) is 4.13. The largest absolute Gasteiger partial charge is 0.491 e. The molecule has 1 aromatic rings. The van der Waals surface area contributed by atoms with E-state index in [1.807, 2.05) is 6.92 Å². The molecule has 0 fully saturated rings. The van der Waals surface area contributed by atoms with Gasteiger partial charge in [-0.05, 0) is 43.4 Å². The molecule has 0 saturated carbocycles. The van der Waals surface area contributed by atoms with E-state index in [1.54, 1.807) is 0 Å². The van der Waals surface area contributed by atoms with Crippen LogP contribution in [0.4, 0.5) is 0 Å². The molecule has 0 aliphatic heterocycles. The van der Waals surface area contributed by atoms with Crippen molar-refractivity contribution >= 4 is 0 Å². The number of hydrogen-bond donors (Lipinski definition) is 0. The Kier molecular flexibility index (Phi) is 6.71. The Balaban J connectivity index is 2.44. The molecule has 0 aliphatic rings. The van der Waals surface area contributed by atoms with Crippen LogP contribution in [0.3, 0.4) is 0 Å². The van der Waals surface area contributed by atoms with Crippen LogP contribution in [0.25, 0.3) is 0 Å². The second-order valence-electron chi connectivity index (χ2n) is 4.13. The Hall–Kier alpha value is -1.02. The Morgan fingerprint density at radius 3 is 2.12 bits per heavy atom. The zero-order valence-electron chi connectivity index (χ0n) is 11.2. The van der Waals surface area contributed by atoms with E-state index in [1.165, 1.54) is 18.4 Å². The first kappa shape index (κ1) is 14.0. The van der Waals surface area contributed by atoms with Gasteiger partial charge in [0.2, 0.25) is 0 Å². The summed E-state index contributed by atoms with van der Waals surface area (Å²) in [4.78, 5) is 0. The molecule has 0 unspecified atom stereocenters. The van der Waals surface area contributed by atoms with Gasteiger partial charge in [-0.3, -0.25) is 0 Å². The van der Waals surface area contributed by atoms with Crippen molar-refractivity contribution in [3.63, 3.8) is 0 Å². The van der Waals surface area contributed by atoms with Gasteiger partial charge in [-0.15, -0.1) is 0 Å². The van der Waals surface area contributed by atoms with Crippen molar-refractivity contribution in [3.05, 3.63) is 29.8 Å². The molecular weight excluding hydrogens is 212 g/mol. The summed E-state index contributed by atoms with van der Waals surface area (Å²) in [7, 11) is 0. The van der Waals surface area contributed by atoms with Crippen LogP contribution >= 0.6 is 0 Å². The number of hydrogen-bond acceptors (Lipinski definition) is 2. The summed E-state index contributed by atoms with van der Waals surface area (Å²) >= 11 is 0. The molecule has 0 radical (unpaired) electrons. The minimum absolute atomic E-state index is 0.623. The van der Waals surface area contributed by atoms with Crippen LogP contribution in [-0.2, 0) is 4.74 Å². The molecule has 0 N–H and O–H groups in total. The van der Waals surface area contributed by atoms with Gasteiger partial charge >= 0.3 is 0 Å². The maximum absolute atomic E-state index is 5.59. The lowest BCUT2D eigenvalue weighted by molar-refractivity contribution is 0.110. The maximum Gasteiger partial charge on any atom is 0.119 e. The van der Waals surface area contributed by atoms with Gasteiger partial charge in [0.05, 0.1) is 6.61 Å². The molecule has 96 valence electrons. The third-order valence-electron chi connectivity index (χ3n) is 3.04. The number of benzene rings is 1. The Bertz CT molecular complexity index is 288. The third kappa shape index (κ3) is 4.78. The third-order valence-corrected chi connectivity index (χ3v) is 3.04. The molecule has 17 heavy (non-hydrogen) atoms. The van der Waals surface area contributed by atoms with E-state index in [-0.39, 0.29) is 0 Å². The highest BCUT2D eigenvalue weighted by Gasteiger charge is 2.06. The lowest BCUT2D eigenvalue weighted by Gasteiger charge is -2.13. The molecule has 0 aliphatic carbocycles. The summed E-state index contributed by atoms with van der Waals surface area (Å²) in [5, 5.41) is 0. The molecule has 0 heterocycles. The monoisotopic (exact) mass is 236 g/mol. The van der Waals surface area contributed by atoms with Crippen molar-refractivity contribution < 1.29 is 9.47 Å². The van der Waals surface area contributed by atoms with Crippen LogP contribution in [-0.4, -0.2) is 19.8 Å². The van der Waals surface area contributed by atoms with E-state index < -0.39 is 0 Å². The Labute approximate surface area is 105 Å². The summed E-state index contributed by atoms with van der Waals surface area (Å²) in [5.41, 5.74) is 1.41. The average Bonchev–Trinajstić information content (AvgIpc) is 2.38. The van der Waals surface area contributed by atoms with Crippen LogP contribution in [0.1, 0.15) is 45.1 Å². The van der Waals surface area contributed by atoms with Gasteiger partial charge in [-0.25, -0.2) is 0 Å². The van der Waals surface area contributed by atoms with Crippen molar-refractivity contribution in [3.8, 4) is 5.75 Å². The fourth-order valence-corrected chi connectivity index (χ4v) is 1.96. The lowest BCUT2D eigenvalue weighted by atomic mass is 9.94. The van der Waals surface area contributed by atoms with Gasteiger partial charge in [0, 0.05) is 6.61 Å². The van der Waals surface area contributed by atoms with E-state index in [0.29, 0.717) is 19.1 Å². The minimum atomic E-state index is 0.623. The summed E-state index contributed by atoms with van der Waals surface area (Å²) in [6.07, 6.45) is 2.39. The minimum Gasteiger partial charge on any atom is -0.491 e. The maximum atomic E-state index is 5.59. The van der Waals surface area contributed by atoms with Crippen molar-refractivity contribution in [2.45, 2.75) is 39.5 Å². The zero-order chi connectivity index (χ0) is 12.5. The van der Waals surface area contributed by atoms with Gasteiger partial charge in [0.25, 0.3) is 0 Å². The van der Waals surface area contributed by atoms with E-state index in [9.17, 15) is 0 Å². The van der Waals surface area contributed by atoms with Gasteiger partial charge < -0.3 is 9.47 Å². The van der Waals surface area contributed by atoms with Gasteiger partial charge in [0.1, 0.15) is 12.4 Å². The van der Waals surface area contributed by atoms with Crippen molar-refractivity contribution in [2.75, 3.05) is 19.8 Å². The van der Waals surface area contributed by atoms with E-state index in [0.717, 1.165) is 12.4 Å². The van der Waals surface area contributed by atoms with Crippen LogP contribution < -0.4 is 4.74 Å². The lowest BCUT2D eigenvalue weighted by Crippen LogP contribution is -2.06. The van der Waals surface area contributed by atoms with Crippen molar-refractivity contribution in [1.29, 1.82) is 0 Å². The molecular formula is C15H24O2. The molecule has 1 rings (SSSR count). The highest BCUT2D eigenvalue weighted by atomic mass is 16.5. The van der Waals surface area contributed by atoms with Crippen LogP contribution in [0, 0.1) is 0 Å². The van der Waals surface area contributed by atoms with Crippen molar-refractivity contribution in [1.82, 2.24) is 0 Å². The highest BCUT2D eigenvalue weighted by molar-refractivity contribution is 5.29. The first-order chi connectivity index (χ1) is 8.31. The molecule has 0 spiro atoms. The van der Waals surface area contributed by atoms with Gasteiger partial charge in [0.15, 0.2) is 0 Å². The van der Waals surface area contributed by atoms with Gasteiger partial charge in [-0.2, -0.15) is 0 Å². The number of ether oxygens (including phenoxy) is 2. The molecule has 0 atom stereocenters. The number of rotatable bonds is 8. The topological polar surface area (TPSA) is 18.5 Å². The predicted octanol–water partition coefficient (Wildman–Crippen LogP) is 4.01. The fraction of sp³-hybridized carbons (Fsp3) is 0.600. The van der Waals surface area contributed by atoms with Gasteiger partial charge in [-0.1, -0.05) is 26.0 Å². The summed E-state index contributed by atoms with van der Waals surface area (Å²) in [5.74, 6) is 1.60. The molecule has 2 heteroatoms. The van der Waals surface area contributed by atoms with Crippen LogP contribution in [0.15, 0.2) is 24.3 Å². The zero-order valence-corrected chi connectivity index (χ0v) is 11.2. The summed E-state index contributed by atoms with van der Waals surface area (Å²) < 4.78 is 10.8. The predicted molar refractivity (Wildman–Crippen MR) is 71.8 cm³/mol. The normalized spacial score (nSPS) is 10.8. The first-order valence-corrected chi connectivity index (χ1v) is 6.62. The first-order valence-electron chi connectivity index (χ1n) is 6.62. The summed E-state index contributed by atoms with van der Waals surface area (Å²) in [6.45, 7) is 8.49. The van der Waals surface area contributed by atoms with E-state index in [4.69, 9.17) is 9.47 Å². The molecule has 0 aromatic heterocycles. The molecule has 0 bridgehead atoms. The highest BCUT2D eigenvalue weighted by Crippen LogP contribution is 2.24. The average molecular weight is 236 g/mol. The quantitative estimate of drug-likeness (QED) is 0.635. The molecule has 0 amide bonds. The molecule has 1 aromatic carbocycles. The summed E-state index contributed by atoms with van der Waals surface area (Å²) in [6, 6.07) is 8.46. The molecule has 2 nitrogen and oxygen atoms in total. The second kappa shape index (κ2) is 8.13. The van der Waals surface area contributed by atoms with Crippen LogP contribution in [0.2, 0.25) is 0 Å². The standard InChI is InChI=1S/C15H24O2/c1-4-13(5-2)14-7-9-15(10-8-14)17-12-11-16-6-3/h7-10,13H,4-6,11-12H2,1-3H3. The van der Waals surface area contributed by atoms with Crippen molar-refractivity contribution in [2.24, 2.45) is 0 Å². The van der Waals surface area contributed by atoms with E-state index >= 15 is 0 Å². The molecule has 0 saturated heterocycles. The Morgan fingerprint density at radius 2 is 1.59 bits per heavy atom.